The van der Waals surface area contributed by atoms with Crippen LogP contribution in [-0.4, -0.2) is 23.1 Å². The minimum atomic E-state index is -0.114. The van der Waals surface area contributed by atoms with Gasteiger partial charge in [-0.2, -0.15) is 0 Å². The predicted octanol–water partition coefficient (Wildman–Crippen LogP) is 2.38. The Bertz CT molecular complexity index is 584. The smallest absolute Gasteiger partial charge is 0.213 e. The molecule has 0 radical (unpaired) electrons. The van der Waals surface area contributed by atoms with Gasteiger partial charge < -0.3 is 21.0 Å². The van der Waals surface area contributed by atoms with Gasteiger partial charge in [-0.05, 0) is 11.6 Å². The van der Waals surface area contributed by atoms with Crippen LogP contribution in [-0.2, 0) is 0 Å². The lowest BCUT2D eigenvalue weighted by molar-refractivity contribution is 0.316. The number of hydrogen-bond donors (Lipinski definition) is 3. The van der Waals surface area contributed by atoms with Crippen molar-refractivity contribution in [3.05, 3.63) is 54.2 Å². The highest BCUT2D eigenvalue weighted by Gasteiger charge is 2.13. The Kier molecular flexibility index (Phi) is 4.98. The number of nitrogens with one attached hydrogen (secondary N) is 1. The molecule has 4 N–H and O–H groups in total. The van der Waals surface area contributed by atoms with E-state index in [0.717, 1.165) is 11.3 Å². The van der Waals surface area contributed by atoms with Crippen LogP contribution >= 0.6 is 0 Å². The van der Waals surface area contributed by atoms with Gasteiger partial charge in [-0.1, -0.05) is 35.5 Å². The van der Waals surface area contributed by atoms with E-state index in [1.165, 1.54) is 0 Å². The molecule has 1 unspecified atom stereocenters. The monoisotopic (exact) mass is 286 g/mol. The number of nitrogens with zero attached hydrogens (tertiary/aromatic N) is 2. The fraction of sp³-hybridized carbons (Fsp3) is 0.200. The molecule has 0 saturated heterocycles. The molecule has 0 bridgehead atoms. The second-order valence-corrected chi connectivity index (χ2v) is 4.49. The Balaban J connectivity index is 2.18. The van der Waals surface area contributed by atoms with E-state index in [4.69, 9.17) is 15.7 Å². The Morgan fingerprint density at radius 3 is 2.67 bits per heavy atom. The lowest BCUT2D eigenvalue weighted by Crippen LogP contribution is -2.21. The lowest BCUT2D eigenvalue weighted by Gasteiger charge is -2.19. The topological polar surface area (TPSA) is 92.8 Å². The zero-order valence-corrected chi connectivity index (χ0v) is 11.7. The standard InChI is InChI=1S/C15H18N4O2/c1-21-15-8-7-12(10-17-15)18-13(9-14(16)19-20)11-5-3-2-4-6-11/h2-8,10,13,18,20H,9H2,1H3,(H2,16,19). The van der Waals surface area contributed by atoms with Crippen LogP contribution in [0.25, 0.3) is 0 Å². The summed E-state index contributed by atoms with van der Waals surface area (Å²) in [6.07, 6.45) is 2.06. The summed E-state index contributed by atoms with van der Waals surface area (Å²) < 4.78 is 5.03. The van der Waals surface area contributed by atoms with Crippen molar-refractivity contribution in [2.24, 2.45) is 10.9 Å². The second kappa shape index (κ2) is 7.14. The maximum atomic E-state index is 8.77. The summed E-state index contributed by atoms with van der Waals surface area (Å²) in [5, 5.41) is 15.1. The van der Waals surface area contributed by atoms with E-state index >= 15 is 0 Å². The molecule has 21 heavy (non-hydrogen) atoms. The van der Waals surface area contributed by atoms with Crippen molar-refractivity contribution in [1.29, 1.82) is 0 Å². The van der Waals surface area contributed by atoms with E-state index in [1.807, 2.05) is 36.4 Å². The van der Waals surface area contributed by atoms with Crippen LogP contribution in [0.15, 0.2) is 53.8 Å². The summed E-state index contributed by atoms with van der Waals surface area (Å²) >= 11 is 0. The second-order valence-electron chi connectivity index (χ2n) is 4.49. The molecule has 0 saturated carbocycles. The van der Waals surface area contributed by atoms with E-state index in [0.29, 0.717) is 12.3 Å². The SMILES string of the molecule is COc1ccc(NC(CC(N)=NO)c2ccccc2)cn1. The number of hydrogen-bond acceptors (Lipinski definition) is 5. The number of rotatable bonds is 6. The van der Waals surface area contributed by atoms with Crippen LogP contribution in [0.5, 0.6) is 5.88 Å². The molecular weight excluding hydrogens is 268 g/mol. The molecule has 2 rings (SSSR count). The molecule has 0 aliphatic rings. The summed E-state index contributed by atoms with van der Waals surface area (Å²) in [5.41, 5.74) is 7.51. The minimum Gasteiger partial charge on any atom is -0.481 e. The number of amidine groups is 1. The molecule has 6 heteroatoms. The third kappa shape index (κ3) is 4.10. The summed E-state index contributed by atoms with van der Waals surface area (Å²) in [6.45, 7) is 0. The van der Waals surface area contributed by atoms with Gasteiger partial charge in [0.1, 0.15) is 5.84 Å². The molecule has 1 atom stereocenters. The van der Waals surface area contributed by atoms with Crippen molar-refractivity contribution in [1.82, 2.24) is 4.98 Å². The van der Waals surface area contributed by atoms with Gasteiger partial charge in [-0.3, -0.25) is 0 Å². The molecule has 0 amide bonds. The first-order chi connectivity index (χ1) is 10.2. The molecule has 1 heterocycles. The van der Waals surface area contributed by atoms with Crippen molar-refractivity contribution >= 4 is 11.5 Å². The summed E-state index contributed by atoms with van der Waals surface area (Å²) in [7, 11) is 1.57. The largest absolute Gasteiger partial charge is 0.481 e. The molecule has 1 aromatic heterocycles. The number of aromatic nitrogens is 1. The van der Waals surface area contributed by atoms with Crippen LogP contribution < -0.4 is 15.8 Å². The number of pyridine rings is 1. The third-order valence-electron chi connectivity index (χ3n) is 3.03. The molecule has 0 spiro atoms. The molecule has 1 aromatic carbocycles. The molecular formula is C15H18N4O2. The summed E-state index contributed by atoms with van der Waals surface area (Å²) in [4.78, 5) is 4.15. The molecule has 110 valence electrons. The van der Waals surface area contributed by atoms with Gasteiger partial charge >= 0.3 is 0 Å². The van der Waals surface area contributed by atoms with Gasteiger partial charge in [0.25, 0.3) is 0 Å². The Morgan fingerprint density at radius 1 is 1.33 bits per heavy atom. The average molecular weight is 286 g/mol. The maximum absolute atomic E-state index is 8.77. The van der Waals surface area contributed by atoms with Crippen LogP contribution in [0.2, 0.25) is 0 Å². The van der Waals surface area contributed by atoms with Crippen molar-refractivity contribution in [2.45, 2.75) is 12.5 Å². The van der Waals surface area contributed by atoms with Crippen LogP contribution in [0.3, 0.4) is 0 Å². The van der Waals surface area contributed by atoms with E-state index in [2.05, 4.69) is 15.5 Å². The van der Waals surface area contributed by atoms with Crippen LogP contribution in [0, 0.1) is 0 Å². The maximum Gasteiger partial charge on any atom is 0.213 e. The van der Waals surface area contributed by atoms with Gasteiger partial charge in [-0.25, -0.2) is 4.98 Å². The molecule has 2 aromatic rings. The first kappa shape index (κ1) is 14.6. The normalized spacial score (nSPS) is 12.7. The number of methoxy groups -OCH3 is 1. The van der Waals surface area contributed by atoms with Gasteiger partial charge in [0.05, 0.1) is 25.0 Å². The fourth-order valence-electron chi connectivity index (χ4n) is 1.98. The number of ether oxygens (including phenoxy) is 1. The zero-order valence-electron chi connectivity index (χ0n) is 11.7. The molecule has 6 nitrogen and oxygen atoms in total. The first-order valence-electron chi connectivity index (χ1n) is 6.51. The van der Waals surface area contributed by atoms with E-state index in [-0.39, 0.29) is 11.9 Å². The number of benzene rings is 1. The highest BCUT2D eigenvalue weighted by molar-refractivity contribution is 5.80. The van der Waals surface area contributed by atoms with Crippen LogP contribution in [0.4, 0.5) is 5.69 Å². The minimum absolute atomic E-state index is 0.114. The van der Waals surface area contributed by atoms with Crippen LogP contribution in [0.1, 0.15) is 18.0 Å². The van der Waals surface area contributed by atoms with Crippen molar-refractivity contribution in [3.63, 3.8) is 0 Å². The quantitative estimate of drug-likeness (QED) is 0.328. The van der Waals surface area contributed by atoms with Gasteiger partial charge in [0.2, 0.25) is 5.88 Å². The molecule has 0 aliphatic heterocycles. The summed E-state index contributed by atoms with van der Waals surface area (Å²) in [6, 6.07) is 13.3. The Hall–Kier alpha value is -2.76. The highest BCUT2D eigenvalue weighted by Crippen LogP contribution is 2.23. The van der Waals surface area contributed by atoms with Gasteiger partial charge in [0, 0.05) is 12.5 Å². The van der Waals surface area contributed by atoms with Crippen molar-refractivity contribution in [3.8, 4) is 5.88 Å². The molecule has 0 aliphatic carbocycles. The van der Waals surface area contributed by atoms with E-state index < -0.39 is 0 Å². The highest BCUT2D eigenvalue weighted by atomic mass is 16.5. The third-order valence-corrected chi connectivity index (χ3v) is 3.03. The van der Waals surface area contributed by atoms with Crippen molar-refractivity contribution in [2.75, 3.05) is 12.4 Å². The van der Waals surface area contributed by atoms with E-state index in [1.54, 1.807) is 19.4 Å². The first-order valence-corrected chi connectivity index (χ1v) is 6.51. The number of oxime groups is 1. The lowest BCUT2D eigenvalue weighted by atomic mass is 10.0. The summed E-state index contributed by atoms with van der Waals surface area (Å²) in [5.74, 6) is 0.714. The fourth-order valence-corrected chi connectivity index (χ4v) is 1.98. The van der Waals surface area contributed by atoms with Crippen molar-refractivity contribution < 1.29 is 9.94 Å². The Labute approximate surface area is 123 Å². The van der Waals surface area contributed by atoms with E-state index in [9.17, 15) is 0 Å². The number of nitrogens with two attached hydrogens (primary N) is 1. The van der Waals surface area contributed by atoms with Gasteiger partial charge in [0.15, 0.2) is 0 Å². The number of anilines is 1. The average Bonchev–Trinajstić information content (AvgIpc) is 2.55. The zero-order chi connectivity index (χ0) is 15.1. The predicted molar refractivity (Wildman–Crippen MR) is 81.6 cm³/mol. The molecule has 0 fully saturated rings. The van der Waals surface area contributed by atoms with Gasteiger partial charge in [-0.15, -0.1) is 0 Å². The Morgan fingerprint density at radius 2 is 2.10 bits per heavy atom.